The Bertz CT molecular complexity index is 1700. The highest BCUT2D eigenvalue weighted by molar-refractivity contribution is 7.08. The van der Waals surface area contributed by atoms with Gasteiger partial charge in [0, 0.05) is 52.5 Å². The van der Waals surface area contributed by atoms with E-state index in [0.29, 0.717) is 17.8 Å². The fourth-order valence-electron chi connectivity index (χ4n) is 4.35. The monoisotopic (exact) mass is 493 g/mol. The molecular weight excluding hydrogens is 470 g/mol. The molecule has 178 valence electrons. The molecule has 0 aliphatic rings. The van der Waals surface area contributed by atoms with E-state index in [1.165, 1.54) is 0 Å². The van der Waals surface area contributed by atoms with E-state index in [9.17, 15) is 4.79 Å². The lowest BCUT2D eigenvalue weighted by Crippen LogP contribution is -2.13. The molecule has 1 amide bonds. The Labute approximate surface area is 210 Å². The summed E-state index contributed by atoms with van der Waals surface area (Å²) in [5.74, 6) is 0.263. The second kappa shape index (κ2) is 9.01. The Hall–Kier alpha value is -4.37. The zero-order chi connectivity index (χ0) is 24.6. The van der Waals surface area contributed by atoms with Gasteiger partial charge in [-0.1, -0.05) is 13.8 Å². The van der Waals surface area contributed by atoms with Crippen LogP contribution in [0, 0.1) is 5.92 Å². The minimum atomic E-state index is -0.0234. The molecule has 0 aliphatic carbocycles. The maximum Gasteiger partial charge on any atom is 0.224 e. The van der Waals surface area contributed by atoms with Crippen molar-refractivity contribution in [3.8, 4) is 33.6 Å². The fraction of sp³-hybridized carbons (Fsp3) is 0.148. The van der Waals surface area contributed by atoms with Crippen LogP contribution in [0.3, 0.4) is 0 Å². The van der Waals surface area contributed by atoms with Crippen molar-refractivity contribution < 1.29 is 4.79 Å². The zero-order valence-corrected chi connectivity index (χ0v) is 20.6. The first-order chi connectivity index (χ1) is 17.5. The number of aromatic amines is 2. The van der Waals surface area contributed by atoms with E-state index in [4.69, 9.17) is 0 Å². The fourth-order valence-corrected chi connectivity index (χ4v) is 5.00. The Morgan fingerprint density at radius 1 is 1.00 bits per heavy atom. The molecule has 6 rings (SSSR count). The van der Waals surface area contributed by atoms with Gasteiger partial charge in [-0.15, -0.1) is 0 Å². The second-order valence-corrected chi connectivity index (χ2v) is 9.93. The molecule has 36 heavy (non-hydrogen) atoms. The molecule has 8 nitrogen and oxygen atoms in total. The van der Waals surface area contributed by atoms with Gasteiger partial charge >= 0.3 is 0 Å². The lowest BCUT2D eigenvalue weighted by atomic mass is 10.1. The minimum absolute atomic E-state index is 0.0234. The Balaban J connectivity index is 1.38. The SMILES string of the molecule is CC(C)CC(=O)Nc1cncc(-c2cnc3n[nH]c(-c4cc5c(-c6ccsc6)cncc5[nH]4)c3c2)c1. The van der Waals surface area contributed by atoms with E-state index < -0.39 is 0 Å². The van der Waals surface area contributed by atoms with Crippen LogP contribution in [0.1, 0.15) is 20.3 Å². The van der Waals surface area contributed by atoms with Crippen molar-refractivity contribution in [1.29, 1.82) is 0 Å². The van der Waals surface area contributed by atoms with Crippen LogP contribution in [-0.2, 0) is 4.79 Å². The van der Waals surface area contributed by atoms with E-state index in [1.807, 2.05) is 38.4 Å². The summed E-state index contributed by atoms with van der Waals surface area (Å²) in [6.45, 7) is 4.04. The smallest absolute Gasteiger partial charge is 0.224 e. The molecule has 9 heteroatoms. The number of nitrogens with one attached hydrogen (secondary N) is 3. The van der Waals surface area contributed by atoms with Crippen LogP contribution in [0.15, 0.2) is 66.0 Å². The Morgan fingerprint density at radius 3 is 2.69 bits per heavy atom. The van der Waals surface area contributed by atoms with E-state index in [1.54, 1.807) is 29.9 Å². The van der Waals surface area contributed by atoms with Crippen LogP contribution >= 0.6 is 11.3 Å². The average molecular weight is 494 g/mol. The van der Waals surface area contributed by atoms with Gasteiger partial charge in [0.2, 0.25) is 5.91 Å². The summed E-state index contributed by atoms with van der Waals surface area (Å²) in [5, 5.41) is 16.7. The number of aromatic nitrogens is 6. The van der Waals surface area contributed by atoms with E-state index in [-0.39, 0.29) is 11.8 Å². The van der Waals surface area contributed by atoms with Crippen molar-refractivity contribution in [3.63, 3.8) is 0 Å². The van der Waals surface area contributed by atoms with Gasteiger partial charge in [-0.3, -0.25) is 19.9 Å². The average Bonchev–Trinajstić information content (AvgIpc) is 3.62. The van der Waals surface area contributed by atoms with Gasteiger partial charge in [-0.25, -0.2) is 4.98 Å². The third-order valence-corrected chi connectivity index (χ3v) is 6.69. The van der Waals surface area contributed by atoms with Gasteiger partial charge < -0.3 is 10.3 Å². The summed E-state index contributed by atoms with van der Waals surface area (Å²) in [6.07, 6.45) is 9.38. The summed E-state index contributed by atoms with van der Waals surface area (Å²) in [4.78, 5) is 29.0. The number of hydrogen-bond donors (Lipinski definition) is 3. The summed E-state index contributed by atoms with van der Waals surface area (Å²) in [5.41, 5.74) is 7.97. The molecule has 6 aromatic heterocycles. The second-order valence-electron chi connectivity index (χ2n) is 9.15. The molecule has 0 bridgehead atoms. The van der Waals surface area contributed by atoms with Crippen LogP contribution in [0.4, 0.5) is 5.69 Å². The van der Waals surface area contributed by atoms with Crippen molar-refractivity contribution in [2.75, 3.05) is 5.32 Å². The lowest BCUT2D eigenvalue weighted by molar-refractivity contribution is -0.116. The number of nitrogens with zero attached hydrogens (tertiary/aromatic N) is 4. The van der Waals surface area contributed by atoms with Crippen LogP contribution in [0.2, 0.25) is 0 Å². The summed E-state index contributed by atoms with van der Waals surface area (Å²) < 4.78 is 0. The largest absolute Gasteiger partial charge is 0.352 e. The number of carbonyl (C=O) groups excluding carboxylic acids is 1. The number of amides is 1. The molecule has 6 heterocycles. The maximum absolute atomic E-state index is 12.2. The Kier molecular flexibility index (Phi) is 5.54. The van der Waals surface area contributed by atoms with Crippen molar-refractivity contribution in [3.05, 3.63) is 66.0 Å². The number of thiophene rings is 1. The molecule has 0 saturated carbocycles. The molecule has 0 saturated heterocycles. The quantitative estimate of drug-likeness (QED) is 0.253. The van der Waals surface area contributed by atoms with Crippen molar-refractivity contribution in [2.24, 2.45) is 5.92 Å². The molecule has 3 N–H and O–H groups in total. The third kappa shape index (κ3) is 4.14. The topological polar surface area (TPSA) is 112 Å². The molecule has 0 aliphatic heterocycles. The molecule has 0 unspecified atom stereocenters. The predicted octanol–water partition coefficient (Wildman–Crippen LogP) is 6.28. The molecule has 0 aromatic carbocycles. The summed E-state index contributed by atoms with van der Waals surface area (Å²) in [7, 11) is 0. The number of carbonyl (C=O) groups is 1. The number of pyridine rings is 3. The van der Waals surface area contributed by atoms with Gasteiger partial charge in [0.15, 0.2) is 5.65 Å². The number of rotatable bonds is 6. The molecule has 0 radical (unpaired) electrons. The van der Waals surface area contributed by atoms with Gasteiger partial charge in [0.1, 0.15) is 0 Å². The van der Waals surface area contributed by atoms with Crippen LogP contribution < -0.4 is 5.32 Å². The first-order valence-electron chi connectivity index (χ1n) is 11.6. The number of anilines is 1. The van der Waals surface area contributed by atoms with Crippen molar-refractivity contribution in [2.45, 2.75) is 20.3 Å². The highest BCUT2D eigenvalue weighted by atomic mass is 32.1. The molecule has 6 aromatic rings. The van der Waals surface area contributed by atoms with E-state index >= 15 is 0 Å². The summed E-state index contributed by atoms with van der Waals surface area (Å²) >= 11 is 1.66. The summed E-state index contributed by atoms with van der Waals surface area (Å²) in [6, 6.07) is 8.18. The van der Waals surface area contributed by atoms with E-state index in [0.717, 1.165) is 49.9 Å². The normalized spacial score (nSPS) is 11.5. The third-order valence-electron chi connectivity index (χ3n) is 6.01. The van der Waals surface area contributed by atoms with Gasteiger partial charge in [-0.2, -0.15) is 16.4 Å². The zero-order valence-electron chi connectivity index (χ0n) is 19.7. The van der Waals surface area contributed by atoms with Crippen molar-refractivity contribution >= 4 is 44.9 Å². The highest BCUT2D eigenvalue weighted by Crippen LogP contribution is 2.35. The minimum Gasteiger partial charge on any atom is -0.352 e. The van der Waals surface area contributed by atoms with Crippen molar-refractivity contribution in [1.82, 2.24) is 30.1 Å². The van der Waals surface area contributed by atoms with E-state index in [2.05, 4.69) is 58.3 Å². The van der Waals surface area contributed by atoms with Gasteiger partial charge in [0.25, 0.3) is 0 Å². The maximum atomic E-state index is 12.2. The lowest BCUT2D eigenvalue weighted by Gasteiger charge is -2.08. The standard InChI is InChI=1S/C27H23N7OS/c1-15(2)5-25(35)31-19-6-17(9-28-11-19)18-7-21-26(33-34-27(21)30-10-18)23-8-20-22(16-3-4-36-14-16)12-29-13-24(20)32-23/h3-4,6-15,32H,5H2,1-2H3,(H,31,35)(H,30,33,34). The van der Waals surface area contributed by atoms with Crippen LogP contribution in [0.25, 0.3) is 55.6 Å². The van der Waals surface area contributed by atoms with Gasteiger partial charge in [0.05, 0.1) is 35.0 Å². The molecule has 0 atom stereocenters. The molecule has 0 spiro atoms. The predicted molar refractivity (Wildman–Crippen MR) is 144 cm³/mol. The first-order valence-corrected chi connectivity index (χ1v) is 12.6. The Morgan fingerprint density at radius 2 is 1.86 bits per heavy atom. The van der Waals surface area contributed by atoms with Gasteiger partial charge in [-0.05, 0) is 46.5 Å². The van der Waals surface area contributed by atoms with Crippen LogP contribution in [0.5, 0.6) is 0 Å². The van der Waals surface area contributed by atoms with Crippen LogP contribution in [-0.4, -0.2) is 36.0 Å². The molecular formula is C27H23N7OS. The number of H-pyrrole nitrogens is 2. The number of hydrogen-bond acceptors (Lipinski definition) is 6. The first kappa shape index (κ1) is 22.1. The number of fused-ring (bicyclic) bond motifs is 2. The molecule has 0 fully saturated rings. The highest BCUT2D eigenvalue weighted by Gasteiger charge is 2.15.